The van der Waals surface area contributed by atoms with Crippen molar-refractivity contribution in [1.82, 2.24) is 10.2 Å². The van der Waals surface area contributed by atoms with Gasteiger partial charge in [0.1, 0.15) is 5.84 Å². The van der Waals surface area contributed by atoms with E-state index in [-0.39, 0.29) is 0 Å². The Morgan fingerprint density at radius 3 is 2.54 bits per heavy atom. The Hall–Kier alpha value is -0.510. The molecule has 0 aromatic heterocycles. The summed E-state index contributed by atoms with van der Waals surface area (Å²) < 4.78 is 0.830. The maximum Gasteiger partial charge on any atom is 0.136 e. The van der Waals surface area contributed by atoms with Crippen molar-refractivity contribution < 1.29 is 0 Å². The molecule has 4 heteroatoms. The Morgan fingerprint density at radius 1 is 1.38 bits per heavy atom. The number of nitrogens with one attached hydrogen (secondary N) is 2. The minimum atomic E-state index is 0.592. The molecule has 1 heterocycles. The van der Waals surface area contributed by atoms with Gasteiger partial charge in [-0.25, -0.2) is 0 Å². The van der Waals surface area contributed by atoms with E-state index in [1.807, 2.05) is 7.05 Å². The SMILES string of the molecule is CN/C=C(/Br)C(=N)N1CCCCC1. The summed E-state index contributed by atoms with van der Waals surface area (Å²) in [5.74, 6) is 0.592. The Morgan fingerprint density at radius 2 is 2.00 bits per heavy atom. The molecule has 1 aliphatic rings. The van der Waals surface area contributed by atoms with E-state index in [0.717, 1.165) is 17.6 Å². The van der Waals surface area contributed by atoms with Crippen molar-refractivity contribution in [2.45, 2.75) is 19.3 Å². The van der Waals surface area contributed by atoms with Gasteiger partial charge >= 0.3 is 0 Å². The van der Waals surface area contributed by atoms with Crippen molar-refractivity contribution in [2.75, 3.05) is 20.1 Å². The summed E-state index contributed by atoms with van der Waals surface area (Å²) in [6, 6.07) is 0. The van der Waals surface area contributed by atoms with E-state index in [0.29, 0.717) is 5.84 Å². The first kappa shape index (κ1) is 10.6. The highest BCUT2D eigenvalue weighted by atomic mass is 79.9. The minimum Gasteiger partial charge on any atom is -0.393 e. The second-order valence-corrected chi connectivity index (χ2v) is 4.03. The molecule has 74 valence electrons. The number of nitrogens with zero attached hydrogens (tertiary/aromatic N) is 1. The van der Waals surface area contributed by atoms with E-state index >= 15 is 0 Å². The Balaban J connectivity index is 2.50. The highest BCUT2D eigenvalue weighted by molar-refractivity contribution is 9.12. The smallest absolute Gasteiger partial charge is 0.136 e. The van der Waals surface area contributed by atoms with Crippen LogP contribution in [0, 0.1) is 5.41 Å². The first-order chi connectivity index (χ1) is 6.25. The molecule has 0 unspecified atom stereocenters. The van der Waals surface area contributed by atoms with Gasteiger partial charge in [-0.05, 0) is 35.2 Å². The van der Waals surface area contributed by atoms with Gasteiger partial charge in [0.25, 0.3) is 0 Å². The van der Waals surface area contributed by atoms with Crippen LogP contribution in [0.1, 0.15) is 19.3 Å². The van der Waals surface area contributed by atoms with Crippen LogP contribution < -0.4 is 5.32 Å². The highest BCUT2D eigenvalue weighted by Gasteiger charge is 2.14. The first-order valence-corrected chi connectivity index (χ1v) is 5.42. The molecular formula is C9H16BrN3. The number of halogens is 1. The molecule has 3 nitrogen and oxygen atoms in total. The molecule has 0 atom stereocenters. The Bertz CT molecular complexity index is 207. The van der Waals surface area contributed by atoms with Crippen molar-refractivity contribution >= 4 is 21.8 Å². The van der Waals surface area contributed by atoms with Gasteiger partial charge in [0.05, 0.1) is 4.48 Å². The molecule has 0 saturated carbocycles. The quantitative estimate of drug-likeness (QED) is 0.577. The third-order valence-electron chi connectivity index (χ3n) is 2.17. The molecule has 1 aliphatic heterocycles. The molecule has 0 bridgehead atoms. The fourth-order valence-electron chi connectivity index (χ4n) is 1.46. The summed E-state index contributed by atoms with van der Waals surface area (Å²) in [6.45, 7) is 2.04. The van der Waals surface area contributed by atoms with Gasteiger partial charge < -0.3 is 10.2 Å². The lowest BCUT2D eigenvalue weighted by Crippen LogP contribution is -2.35. The summed E-state index contributed by atoms with van der Waals surface area (Å²) in [5, 5.41) is 10.8. The first-order valence-electron chi connectivity index (χ1n) is 4.62. The van der Waals surface area contributed by atoms with Crippen LogP contribution in [0.4, 0.5) is 0 Å². The van der Waals surface area contributed by atoms with Crippen molar-refractivity contribution in [1.29, 1.82) is 5.41 Å². The normalized spacial score (nSPS) is 18.6. The summed E-state index contributed by atoms with van der Waals surface area (Å²) in [5.41, 5.74) is 0. The van der Waals surface area contributed by atoms with Crippen LogP contribution in [0.5, 0.6) is 0 Å². The predicted octanol–water partition coefficient (Wildman–Crippen LogP) is 1.91. The third-order valence-corrected chi connectivity index (χ3v) is 2.77. The average molecular weight is 246 g/mol. The van der Waals surface area contributed by atoms with Crippen LogP contribution in [0.2, 0.25) is 0 Å². The van der Waals surface area contributed by atoms with E-state index < -0.39 is 0 Å². The zero-order valence-corrected chi connectivity index (χ0v) is 9.52. The van der Waals surface area contributed by atoms with E-state index in [4.69, 9.17) is 5.41 Å². The van der Waals surface area contributed by atoms with Gasteiger partial charge in [-0.3, -0.25) is 5.41 Å². The monoisotopic (exact) mass is 245 g/mol. The Kier molecular flexibility index (Phi) is 4.28. The molecule has 0 radical (unpaired) electrons. The van der Waals surface area contributed by atoms with Gasteiger partial charge in [-0.2, -0.15) is 0 Å². The van der Waals surface area contributed by atoms with E-state index in [2.05, 4.69) is 26.1 Å². The molecular weight excluding hydrogens is 230 g/mol. The fourth-order valence-corrected chi connectivity index (χ4v) is 1.94. The molecule has 1 rings (SSSR count). The van der Waals surface area contributed by atoms with Crippen LogP contribution in [0.3, 0.4) is 0 Å². The lowest BCUT2D eigenvalue weighted by Gasteiger charge is -2.28. The highest BCUT2D eigenvalue weighted by Crippen LogP contribution is 2.15. The van der Waals surface area contributed by atoms with Crippen LogP contribution >= 0.6 is 15.9 Å². The molecule has 2 N–H and O–H groups in total. The fraction of sp³-hybridized carbons (Fsp3) is 0.667. The average Bonchev–Trinajstić information content (AvgIpc) is 2.18. The maximum atomic E-state index is 7.86. The lowest BCUT2D eigenvalue weighted by atomic mass is 10.1. The van der Waals surface area contributed by atoms with E-state index in [9.17, 15) is 0 Å². The van der Waals surface area contributed by atoms with E-state index in [1.54, 1.807) is 6.20 Å². The second kappa shape index (κ2) is 5.27. The standard InChI is InChI=1S/C9H16BrN3/c1-12-7-8(10)9(11)13-5-3-2-4-6-13/h7,11-12H,2-6H2,1H3/b8-7+,11-9?. The largest absolute Gasteiger partial charge is 0.393 e. The summed E-state index contributed by atoms with van der Waals surface area (Å²) in [4.78, 5) is 2.11. The number of hydrogen-bond acceptors (Lipinski definition) is 2. The summed E-state index contributed by atoms with van der Waals surface area (Å²) in [6.07, 6.45) is 5.53. The summed E-state index contributed by atoms with van der Waals surface area (Å²) >= 11 is 3.37. The van der Waals surface area contributed by atoms with Crippen molar-refractivity contribution in [3.8, 4) is 0 Å². The van der Waals surface area contributed by atoms with Crippen LogP contribution in [0.15, 0.2) is 10.7 Å². The number of rotatable bonds is 2. The molecule has 0 aliphatic carbocycles. The zero-order valence-electron chi connectivity index (χ0n) is 7.94. The van der Waals surface area contributed by atoms with Crippen LogP contribution in [-0.4, -0.2) is 30.9 Å². The van der Waals surface area contributed by atoms with Gasteiger partial charge in [-0.15, -0.1) is 0 Å². The molecule has 0 aromatic carbocycles. The van der Waals surface area contributed by atoms with Crippen molar-refractivity contribution in [3.63, 3.8) is 0 Å². The topological polar surface area (TPSA) is 39.1 Å². The maximum absolute atomic E-state index is 7.86. The van der Waals surface area contributed by atoms with Crippen molar-refractivity contribution in [2.24, 2.45) is 0 Å². The molecule has 13 heavy (non-hydrogen) atoms. The number of piperidine rings is 1. The van der Waals surface area contributed by atoms with E-state index in [1.165, 1.54) is 19.3 Å². The lowest BCUT2D eigenvalue weighted by molar-refractivity contribution is 0.341. The molecule has 0 amide bonds. The van der Waals surface area contributed by atoms with Crippen LogP contribution in [0.25, 0.3) is 0 Å². The zero-order chi connectivity index (χ0) is 9.68. The van der Waals surface area contributed by atoms with Gasteiger partial charge in [0, 0.05) is 26.3 Å². The molecule has 1 saturated heterocycles. The minimum absolute atomic E-state index is 0.592. The predicted molar refractivity (Wildman–Crippen MR) is 59.2 cm³/mol. The third kappa shape index (κ3) is 3.03. The number of amidine groups is 1. The van der Waals surface area contributed by atoms with Gasteiger partial charge in [-0.1, -0.05) is 0 Å². The Labute approximate surface area is 87.8 Å². The molecule has 1 fully saturated rings. The van der Waals surface area contributed by atoms with Gasteiger partial charge in [0.15, 0.2) is 0 Å². The number of likely N-dealkylation sites (tertiary alicyclic amines) is 1. The van der Waals surface area contributed by atoms with Crippen molar-refractivity contribution in [3.05, 3.63) is 10.7 Å². The second-order valence-electron chi connectivity index (χ2n) is 3.18. The van der Waals surface area contributed by atoms with Crippen LogP contribution in [-0.2, 0) is 0 Å². The summed E-state index contributed by atoms with van der Waals surface area (Å²) in [7, 11) is 1.84. The number of hydrogen-bond donors (Lipinski definition) is 2. The van der Waals surface area contributed by atoms with Gasteiger partial charge in [0.2, 0.25) is 0 Å². The molecule has 0 aromatic rings. The molecule has 0 spiro atoms.